The average molecular weight is 269 g/mol. The zero-order valence-corrected chi connectivity index (χ0v) is 12.0. The molecule has 0 aromatic rings. The summed E-state index contributed by atoms with van der Waals surface area (Å²) in [6, 6.07) is 0. The highest BCUT2D eigenvalue weighted by Gasteiger charge is 2.45. The van der Waals surface area contributed by atoms with E-state index in [1.807, 2.05) is 0 Å². The highest BCUT2D eigenvalue weighted by atomic mass is 35.7. The summed E-state index contributed by atoms with van der Waals surface area (Å²) in [5.74, 6) is 0. The number of halogens is 1. The van der Waals surface area contributed by atoms with Gasteiger partial charge in [0.2, 0.25) is 0 Å². The van der Waals surface area contributed by atoms with Crippen LogP contribution in [0.2, 0.25) is 0 Å². The fraction of sp³-hybridized carbons (Fsp3) is 1.00. The van der Waals surface area contributed by atoms with Crippen molar-refractivity contribution >= 4 is 18.2 Å². The van der Waals surface area contributed by atoms with Crippen LogP contribution in [0.1, 0.15) is 52.9 Å². The third-order valence-electron chi connectivity index (χ3n) is 3.23. The van der Waals surface area contributed by atoms with Gasteiger partial charge in [-0.15, -0.1) is 0 Å². The maximum Gasteiger partial charge on any atom is 0.424 e. The first-order valence-electron chi connectivity index (χ1n) is 6.06. The van der Waals surface area contributed by atoms with Gasteiger partial charge in [-0.1, -0.05) is 40.0 Å². The Morgan fingerprint density at radius 2 is 2.12 bits per heavy atom. The summed E-state index contributed by atoms with van der Waals surface area (Å²) in [7, 11) is 0. The number of hydrogen-bond acceptors (Lipinski definition) is 3. The van der Waals surface area contributed by atoms with Crippen molar-refractivity contribution in [3.05, 3.63) is 0 Å². The normalized spacial score (nSPS) is 39.9. The lowest BCUT2D eigenvalue weighted by Crippen LogP contribution is -2.41. The van der Waals surface area contributed by atoms with Gasteiger partial charge in [0.25, 0.3) is 0 Å². The minimum atomic E-state index is -3.31. The van der Waals surface area contributed by atoms with E-state index in [2.05, 4.69) is 20.8 Å². The van der Waals surface area contributed by atoms with E-state index in [1.54, 1.807) is 0 Å². The number of unbranched alkanes of at least 4 members (excludes halogenated alkanes) is 1. The van der Waals surface area contributed by atoms with Crippen LogP contribution in [0.25, 0.3) is 0 Å². The smallest absolute Gasteiger partial charge is 0.296 e. The average Bonchev–Trinajstić information content (AvgIpc) is 2.22. The molecule has 1 rings (SSSR count). The largest absolute Gasteiger partial charge is 0.424 e. The van der Waals surface area contributed by atoms with Crippen LogP contribution in [0.5, 0.6) is 0 Å². The van der Waals surface area contributed by atoms with E-state index >= 15 is 0 Å². The first-order chi connectivity index (χ1) is 7.43. The molecule has 5 heteroatoms. The fourth-order valence-corrected chi connectivity index (χ4v) is 3.71. The molecule has 0 amide bonds. The van der Waals surface area contributed by atoms with Crippen molar-refractivity contribution in [2.24, 2.45) is 5.41 Å². The zero-order valence-electron chi connectivity index (χ0n) is 10.4. The van der Waals surface area contributed by atoms with Crippen LogP contribution in [-0.2, 0) is 13.6 Å². The van der Waals surface area contributed by atoms with E-state index in [-0.39, 0.29) is 11.5 Å². The quantitative estimate of drug-likeness (QED) is 0.675. The second-order valence-corrected chi connectivity index (χ2v) is 7.42. The third-order valence-corrected chi connectivity index (χ3v) is 4.71. The maximum atomic E-state index is 11.6. The Bertz CT molecular complexity index is 272. The van der Waals surface area contributed by atoms with Gasteiger partial charge in [-0.25, -0.2) is 4.57 Å². The molecule has 0 aromatic carbocycles. The molecule has 3 atom stereocenters. The van der Waals surface area contributed by atoms with Crippen molar-refractivity contribution in [2.45, 2.75) is 59.0 Å². The van der Waals surface area contributed by atoms with Crippen molar-refractivity contribution in [1.82, 2.24) is 0 Å². The first-order valence-corrected chi connectivity index (χ1v) is 8.51. The Morgan fingerprint density at radius 1 is 1.44 bits per heavy atom. The molecule has 16 heavy (non-hydrogen) atoms. The molecule has 3 unspecified atom stereocenters. The van der Waals surface area contributed by atoms with E-state index < -0.39 is 6.95 Å². The summed E-state index contributed by atoms with van der Waals surface area (Å²) in [4.78, 5) is 0. The molecule has 1 aliphatic rings. The predicted molar refractivity (Wildman–Crippen MR) is 66.8 cm³/mol. The summed E-state index contributed by atoms with van der Waals surface area (Å²) in [5.41, 5.74) is -0.0468. The molecule has 1 aliphatic heterocycles. The van der Waals surface area contributed by atoms with Crippen molar-refractivity contribution in [1.29, 1.82) is 0 Å². The van der Waals surface area contributed by atoms with E-state index in [4.69, 9.17) is 20.3 Å². The van der Waals surface area contributed by atoms with Gasteiger partial charge < -0.3 is 0 Å². The van der Waals surface area contributed by atoms with Crippen molar-refractivity contribution in [2.75, 3.05) is 6.61 Å². The van der Waals surface area contributed by atoms with Crippen molar-refractivity contribution in [3.8, 4) is 0 Å². The van der Waals surface area contributed by atoms with E-state index in [0.717, 1.165) is 32.1 Å². The molecule has 0 saturated carbocycles. The Labute approximate surface area is 103 Å². The van der Waals surface area contributed by atoms with Gasteiger partial charge in [0.05, 0.1) is 12.7 Å². The van der Waals surface area contributed by atoms with E-state index in [1.165, 1.54) is 0 Å². The summed E-state index contributed by atoms with van der Waals surface area (Å²) < 4.78 is 22.2. The monoisotopic (exact) mass is 268 g/mol. The predicted octanol–water partition coefficient (Wildman–Crippen LogP) is 4.75. The standard InChI is InChI=1S/C11H22ClO3P/c1-4-6-8-11(3)9-14-16(12,13)15-10(11)7-5-2/h10H,4-9H2,1-3H3. The van der Waals surface area contributed by atoms with Crippen LogP contribution in [0.4, 0.5) is 0 Å². The van der Waals surface area contributed by atoms with Gasteiger partial charge in [-0.2, -0.15) is 0 Å². The molecule has 96 valence electrons. The first kappa shape index (κ1) is 14.5. The van der Waals surface area contributed by atoms with E-state index in [9.17, 15) is 4.57 Å². The SMILES string of the molecule is CCCCC1(C)COP(=O)(Cl)OC1CCC. The summed E-state index contributed by atoms with van der Waals surface area (Å²) in [6.07, 6.45) is 5.17. The molecule has 0 spiro atoms. The van der Waals surface area contributed by atoms with Gasteiger partial charge >= 0.3 is 6.95 Å². The maximum absolute atomic E-state index is 11.6. The highest BCUT2D eigenvalue weighted by Crippen LogP contribution is 2.61. The molecule has 0 aromatic heterocycles. The van der Waals surface area contributed by atoms with E-state index in [0.29, 0.717) is 6.61 Å². The van der Waals surface area contributed by atoms with Crippen LogP contribution in [0.15, 0.2) is 0 Å². The topological polar surface area (TPSA) is 35.5 Å². The Balaban J connectivity index is 2.70. The fourth-order valence-electron chi connectivity index (χ4n) is 2.10. The Kier molecular flexibility index (Phi) is 5.31. The summed E-state index contributed by atoms with van der Waals surface area (Å²) >= 11 is 5.67. The van der Waals surface area contributed by atoms with Gasteiger partial charge in [0.15, 0.2) is 0 Å². The Morgan fingerprint density at radius 3 is 2.69 bits per heavy atom. The van der Waals surface area contributed by atoms with Crippen LogP contribution in [0, 0.1) is 5.41 Å². The second-order valence-electron chi connectivity index (χ2n) is 4.84. The van der Waals surface area contributed by atoms with Gasteiger partial charge in [0.1, 0.15) is 0 Å². The summed E-state index contributed by atoms with van der Waals surface area (Å²) in [5, 5.41) is 0. The van der Waals surface area contributed by atoms with Gasteiger partial charge in [0, 0.05) is 16.7 Å². The minimum Gasteiger partial charge on any atom is -0.296 e. The van der Waals surface area contributed by atoms with Gasteiger partial charge in [-0.3, -0.25) is 9.05 Å². The molecule has 0 aliphatic carbocycles. The zero-order chi connectivity index (χ0) is 12.2. The lowest BCUT2D eigenvalue weighted by molar-refractivity contribution is -0.0400. The summed E-state index contributed by atoms with van der Waals surface area (Å²) in [6.45, 7) is 3.53. The van der Waals surface area contributed by atoms with Crippen LogP contribution in [-0.4, -0.2) is 12.7 Å². The lowest BCUT2D eigenvalue weighted by atomic mass is 9.78. The molecule has 0 radical (unpaired) electrons. The molecule has 0 N–H and O–H groups in total. The molecule has 3 nitrogen and oxygen atoms in total. The van der Waals surface area contributed by atoms with Crippen LogP contribution >= 0.6 is 18.2 Å². The van der Waals surface area contributed by atoms with Crippen molar-refractivity contribution in [3.63, 3.8) is 0 Å². The van der Waals surface area contributed by atoms with Crippen LogP contribution < -0.4 is 0 Å². The Hall–Kier alpha value is 0.440. The third kappa shape index (κ3) is 3.73. The molecule has 1 saturated heterocycles. The van der Waals surface area contributed by atoms with Crippen molar-refractivity contribution < 1.29 is 13.6 Å². The number of hydrogen-bond donors (Lipinski definition) is 0. The lowest BCUT2D eigenvalue weighted by Gasteiger charge is -2.42. The molecular formula is C11H22ClO3P. The highest BCUT2D eigenvalue weighted by molar-refractivity contribution is 7.81. The number of rotatable bonds is 5. The second kappa shape index (κ2) is 5.86. The van der Waals surface area contributed by atoms with Gasteiger partial charge in [-0.05, 0) is 12.8 Å². The molecular weight excluding hydrogens is 247 g/mol. The molecule has 0 bridgehead atoms. The van der Waals surface area contributed by atoms with Crippen LogP contribution in [0.3, 0.4) is 0 Å². The molecule has 1 heterocycles. The minimum absolute atomic E-state index is 0.0406. The molecule has 1 fully saturated rings.